The van der Waals surface area contributed by atoms with E-state index in [1.165, 1.54) is 0 Å². The second kappa shape index (κ2) is 6.10. The number of methoxy groups -OCH3 is 1. The minimum Gasteiger partial charge on any atom is -0.497 e. The molecule has 0 aromatic heterocycles. The Morgan fingerprint density at radius 2 is 2.27 bits per heavy atom. The molecule has 0 saturated heterocycles. The Bertz CT molecular complexity index is 317. The highest BCUT2D eigenvalue weighted by Gasteiger charge is 2.10. The summed E-state index contributed by atoms with van der Waals surface area (Å²) >= 11 is 3.45. The van der Waals surface area contributed by atoms with Crippen LogP contribution in [0.4, 0.5) is 0 Å². The van der Waals surface area contributed by atoms with Crippen LogP contribution in [0.15, 0.2) is 22.7 Å². The predicted molar refractivity (Wildman–Crippen MR) is 63.9 cm³/mol. The summed E-state index contributed by atoms with van der Waals surface area (Å²) in [6.45, 7) is 0.176. The molecule has 0 amide bonds. The molecule has 0 unspecified atom stereocenters. The van der Waals surface area contributed by atoms with E-state index in [9.17, 15) is 0 Å². The number of benzene rings is 1. The summed E-state index contributed by atoms with van der Waals surface area (Å²) < 4.78 is 6.12. The van der Waals surface area contributed by atoms with Crippen molar-refractivity contribution in [2.75, 3.05) is 13.7 Å². The molecular formula is C11H16BrNO2. The molecular weight excluding hydrogens is 258 g/mol. The maximum absolute atomic E-state index is 8.74. The largest absolute Gasteiger partial charge is 0.497 e. The average Bonchev–Trinajstić information content (AvgIpc) is 2.26. The van der Waals surface area contributed by atoms with Gasteiger partial charge in [0.2, 0.25) is 0 Å². The molecule has 1 aromatic rings. The first-order valence-electron chi connectivity index (χ1n) is 4.89. The lowest BCUT2D eigenvalue weighted by molar-refractivity contribution is 0.280. The van der Waals surface area contributed by atoms with Gasteiger partial charge in [-0.15, -0.1) is 0 Å². The minimum absolute atomic E-state index is 0.0679. The molecule has 3 N–H and O–H groups in total. The van der Waals surface area contributed by atoms with Gasteiger partial charge in [-0.1, -0.05) is 15.9 Å². The molecule has 0 heterocycles. The van der Waals surface area contributed by atoms with Crippen molar-refractivity contribution < 1.29 is 9.84 Å². The second-order valence-electron chi connectivity index (χ2n) is 3.36. The summed E-state index contributed by atoms with van der Waals surface area (Å²) in [5, 5.41) is 8.74. The van der Waals surface area contributed by atoms with Crippen LogP contribution in [0.2, 0.25) is 0 Å². The Kier molecular flexibility index (Phi) is 5.08. The lowest BCUT2D eigenvalue weighted by Gasteiger charge is -2.14. The molecule has 15 heavy (non-hydrogen) atoms. The van der Waals surface area contributed by atoms with Gasteiger partial charge >= 0.3 is 0 Å². The second-order valence-corrected chi connectivity index (χ2v) is 4.21. The highest BCUT2D eigenvalue weighted by atomic mass is 79.9. The molecule has 0 aliphatic rings. The van der Waals surface area contributed by atoms with Gasteiger partial charge in [0.05, 0.1) is 7.11 Å². The number of ether oxygens (including phenoxy) is 1. The van der Waals surface area contributed by atoms with Crippen molar-refractivity contribution in [3.63, 3.8) is 0 Å². The van der Waals surface area contributed by atoms with E-state index in [-0.39, 0.29) is 12.6 Å². The summed E-state index contributed by atoms with van der Waals surface area (Å²) in [6.07, 6.45) is 1.48. The number of halogens is 1. The van der Waals surface area contributed by atoms with Crippen LogP contribution in [0.25, 0.3) is 0 Å². The zero-order chi connectivity index (χ0) is 11.3. The fourth-order valence-electron chi connectivity index (χ4n) is 1.40. The molecule has 0 aliphatic heterocycles. The number of aliphatic hydroxyl groups is 1. The molecule has 0 radical (unpaired) electrons. The zero-order valence-electron chi connectivity index (χ0n) is 8.74. The molecule has 0 bridgehead atoms. The van der Waals surface area contributed by atoms with E-state index in [1.54, 1.807) is 7.11 Å². The molecule has 84 valence electrons. The maximum Gasteiger partial charge on any atom is 0.119 e. The van der Waals surface area contributed by atoms with Gasteiger partial charge in [-0.05, 0) is 36.6 Å². The van der Waals surface area contributed by atoms with Crippen LogP contribution in [0, 0.1) is 0 Å². The fraction of sp³-hybridized carbons (Fsp3) is 0.455. The van der Waals surface area contributed by atoms with Crippen LogP contribution in [-0.2, 0) is 0 Å². The smallest absolute Gasteiger partial charge is 0.119 e. The number of rotatable bonds is 5. The standard InChI is InChI=1S/C11H16BrNO2/c1-15-8-4-5-10(12)9(7-8)11(13)3-2-6-14/h4-5,7,11,14H,2-3,6,13H2,1H3/t11-/m0/s1. The summed E-state index contributed by atoms with van der Waals surface area (Å²) in [7, 11) is 1.63. The van der Waals surface area contributed by atoms with Gasteiger partial charge in [0, 0.05) is 17.1 Å². The van der Waals surface area contributed by atoms with E-state index >= 15 is 0 Å². The lowest BCUT2D eigenvalue weighted by atomic mass is 10.0. The Hall–Kier alpha value is -0.580. The summed E-state index contributed by atoms with van der Waals surface area (Å²) in [6, 6.07) is 5.66. The van der Waals surface area contributed by atoms with E-state index in [1.807, 2.05) is 18.2 Å². The highest BCUT2D eigenvalue weighted by molar-refractivity contribution is 9.10. The summed E-state index contributed by atoms with van der Waals surface area (Å²) in [5.41, 5.74) is 7.03. The minimum atomic E-state index is -0.0679. The van der Waals surface area contributed by atoms with Crippen molar-refractivity contribution in [3.8, 4) is 5.75 Å². The zero-order valence-corrected chi connectivity index (χ0v) is 10.3. The number of nitrogens with two attached hydrogens (primary N) is 1. The first-order chi connectivity index (χ1) is 7.19. The molecule has 3 nitrogen and oxygen atoms in total. The lowest BCUT2D eigenvalue weighted by Crippen LogP contribution is -2.11. The molecule has 1 aromatic carbocycles. The van der Waals surface area contributed by atoms with Gasteiger partial charge in [-0.3, -0.25) is 0 Å². The van der Waals surface area contributed by atoms with Crippen LogP contribution in [0.1, 0.15) is 24.4 Å². The molecule has 0 fully saturated rings. The van der Waals surface area contributed by atoms with Gasteiger partial charge in [-0.25, -0.2) is 0 Å². The molecule has 1 rings (SSSR count). The molecule has 0 saturated carbocycles. The quantitative estimate of drug-likeness (QED) is 0.865. The average molecular weight is 274 g/mol. The summed E-state index contributed by atoms with van der Waals surface area (Å²) in [4.78, 5) is 0. The molecule has 0 aliphatic carbocycles. The van der Waals surface area contributed by atoms with Crippen LogP contribution < -0.4 is 10.5 Å². The molecule has 1 atom stereocenters. The third-order valence-corrected chi connectivity index (χ3v) is 3.00. The first-order valence-corrected chi connectivity index (χ1v) is 5.68. The van der Waals surface area contributed by atoms with E-state index in [2.05, 4.69) is 15.9 Å². The van der Waals surface area contributed by atoms with Crippen molar-refractivity contribution in [1.82, 2.24) is 0 Å². The Labute approximate surface area is 98.4 Å². The topological polar surface area (TPSA) is 55.5 Å². The number of hydrogen-bond donors (Lipinski definition) is 2. The van der Waals surface area contributed by atoms with Crippen molar-refractivity contribution in [3.05, 3.63) is 28.2 Å². The van der Waals surface area contributed by atoms with Gasteiger partial charge in [0.15, 0.2) is 0 Å². The Morgan fingerprint density at radius 3 is 2.87 bits per heavy atom. The predicted octanol–water partition coefficient (Wildman–Crippen LogP) is 2.23. The monoisotopic (exact) mass is 273 g/mol. The third kappa shape index (κ3) is 3.48. The van der Waals surface area contributed by atoms with Crippen LogP contribution >= 0.6 is 15.9 Å². The SMILES string of the molecule is COc1ccc(Br)c([C@@H](N)CCCO)c1. The van der Waals surface area contributed by atoms with Gasteiger partial charge in [0.25, 0.3) is 0 Å². The maximum atomic E-state index is 8.74. The van der Waals surface area contributed by atoms with Crippen LogP contribution in [0.3, 0.4) is 0 Å². The van der Waals surface area contributed by atoms with Crippen molar-refractivity contribution in [2.45, 2.75) is 18.9 Å². The Morgan fingerprint density at radius 1 is 1.53 bits per heavy atom. The van der Waals surface area contributed by atoms with Crippen LogP contribution in [-0.4, -0.2) is 18.8 Å². The summed E-state index contributed by atoms with van der Waals surface area (Å²) in [5.74, 6) is 0.799. The van der Waals surface area contributed by atoms with Gasteiger partial charge in [-0.2, -0.15) is 0 Å². The van der Waals surface area contributed by atoms with Gasteiger partial charge in [0.1, 0.15) is 5.75 Å². The number of hydrogen-bond acceptors (Lipinski definition) is 3. The van der Waals surface area contributed by atoms with Crippen molar-refractivity contribution in [1.29, 1.82) is 0 Å². The van der Waals surface area contributed by atoms with E-state index < -0.39 is 0 Å². The number of aliphatic hydroxyl groups excluding tert-OH is 1. The van der Waals surface area contributed by atoms with Crippen molar-refractivity contribution >= 4 is 15.9 Å². The van der Waals surface area contributed by atoms with Gasteiger partial charge < -0.3 is 15.6 Å². The highest BCUT2D eigenvalue weighted by Crippen LogP contribution is 2.28. The molecule has 0 spiro atoms. The van der Waals surface area contributed by atoms with E-state index in [4.69, 9.17) is 15.6 Å². The Balaban J connectivity index is 2.81. The normalized spacial score (nSPS) is 12.5. The molecule has 4 heteroatoms. The third-order valence-electron chi connectivity index (χ3n) is 2.28. The first kappa shape index (κ1) is 12.5. The van der Waals surface area contributed by atoms with Crippen molar-refractivity contribution in [2.24, 2.45) is 5.73 Å². The van der Waals surface area contributed by atoms with E-state index in [0.717, 1.165) is 22.2 Å². The van der Waals surface area contributed by atoms with E-state index in [0.29, 0.717) is 6.42 Å². The fourth-order valence-corrected chi connectivity index (χ4v) is 1.94. The van der Waals surface area contributed by atoms with Crippen LogP contribution in [0.5, 0.6) is 5.75 Å².